The van der Waals surface area contributed by atoms with Crippen LogP contribution in [0.25, 0.3) is 0 Å². The summed E-state index contributed by atoms with van der Waals surface area (Å²) >= 11 is 5.34. The first-order valence-electron chi connectivity index (χ1n) is 2.76. The number of aromatic hydroxyl groups is 1. The maximum atomic E-state index is 9.28. The molecule has 0 bridgehead atoms. The summed E-state index contributed by atoms with van der Waals surface area (Å²) in [5, 5.41) is 9.28. The van der Waals surface area contributed by atoms with Gasteiger partial charge in [-0.15, -0.1) is 0 Å². The van der Waals surface area contributed by atoms with Crippen LogP contribution in [-0.4, -0.2) is 5.11 Å². The quantitative estimate of drug-likeness (QED) is 0.730. The minimum absolute atomic E-state index is 0.325. The van der Waals surface area contributed by atoms with Gasteiger partial charge in [-0.3, -0.25) is 0 Å². The predicted molar refractivity (Wildman–Crippen MR) is 53.3 cm³/mol. The molecule has 1 nitrogen and oxygen atoms in total. The molecule has 0 atom stereocenters. The Bertz CT molecular complexity index is 237. The topological polar surface area (TPSA) is 20.2 Å². The van der Waals surface area contributed by atoms with Crippen molar-refractivity contribution < 1.29 is 5.11 Å². The number of phenolic OH excluding ortho intramolecular Hbond substituents is 1. The lowest BCUT2D eigenvalue weighted by atomic mass is 10.2. The Labute approximate surface area is 81.7 Å². The number of halogens is 2. The van der Waals surface area contributed by atoms with E-state index in [0.29, 0.717) is 5.75 Å². The summed E-state index contributed by atoms with van der Waals surface area (Å²) in [6.45, 7) is 1.99. The third-order valence-electron chi connectivity index (χ3n) is 1.16. The zero-order valence-electron chi connectivity index (χ0n) is 5.36. The maximum absolute atomic E-state index is 9.28. The molecule has 1 aromatic carbocycles. The second-order valence-electron chi connectivity index (χ2n) is 2.08. The molecule has 0 unspecified atom stereocenters. The third kappa shape index (κ3) is 1.63. The van der Waals surface area contributed by atoms with Crippen LogP contribution in [0.4, 0.5) is 0 Å². The van der Waals surface area contributed by atoms with Crippen LogP contribution in [0.15, 0.2) is 16.6 Å². The van der Waals surface area contributed by atoms with Gasteiger partial charge in [0, 0.05) is 0 Å². The molecule has 3 heteroatoms. The van der Waals surface area contributed by atoms with Crippen molar-refractivity contribution in [3.05, 3.63) is 25.7 Å². The van der Waals surface area contributed by atoms with E-state index in [9.17, 15) is 5.11 Å². The number of hydrogen-bond acceptors (Lipinski definition) is 1. The predicted octanol–water partition coefficient (Wildman–Crippen LogP) is 3.07. The van der Waals surface area contributed by atoms with E-state index in [1.165, 1.54) is 0 Å². The molecular formula is C7H6BrIO. The van der Waals surface area contributed by atoms with E-state index in [2.05, 4.69) is 38.5 Å². The average molecular weight is 313 g/mol. The minimum Gasteiger partial charge on any atom is -0.506 e. The fourth-order valence-corrected chi connectivity index (χ4v) is 2.42. The Balaban J connectivity index is 3.31. The van der Waals surface area contributed by atoms with E-state index in [4.69, 9.17) is 0 Å². The first-order valence-corrected chi connectivity index (χ1v) is 4.63. The molecule has 1 rings (SSSR count). The Hall–Kier alpha value is 0.230. The number of hydrogen-bond donors (Lipinski definition) is 1. The lowest BCUT2D eigenvalue weighted by Crippen LogP contribution is -1.78. The molecule has 0 aliphatic rings. The van der Waals surface area contributed by atoms with Crippen molar-refractivity contribution in [3.8, 4) is 5.75 Å². The minimum atomic E-state index is 0.325. The molecule has 0 spiro atoms. The van der Waals surface area contributed by atoms with E-state index in [1.807, 2.05) is 19.1 Å². The summed E-state index contributed by atoms with van der Waals surface area (Å²) in [5.41, 5.74) is 1.15. The van der Waals surface area contributed by atoms with Crippen molar-refractivity contribution in [1.29, 1.82) is 0 Å². The van der Waals surface area contributed by atoms with Gasteiger partial charge in [0.1, 0.15) is 5.75 Å². The van der Waals surface area contributed by atoms with Crippen LogP contribution in [0.3, 0.4) is 0 Å². The van der Waals surface area contributed by atoms with Crippen molar-refractivity contribution in [2.75, 3.05) is 0 Å². The molecule has 0 amide bonds. The SMILES string of the molecule is Cc1cc(Br)c(O)c(I)c1. The molecule has 0 aliphatic heterocycles. The number of rotatable bonds is 0. The Morgan fingerprint density at radius 1 is 1.50 bits per heavy atom. The van der Waals surface area contributed by atoms with Crippen LogP contribution in [-0.2, 0) is 0 Å². The van der Waals surface area contributed by atoms with Gasteiger partial charge in [-0.05, 0) is 63.1 Å². The second kappa shape index (κ2) is 3.09. The van der Waals surface area contributed by atoms with Gasteiger partial charge in [-0.1, -0.05) is 0 Å². The second-order valence-corrected chi connectivity index (χ2v) is 4.09. The lowest BCUT2D eigenvalue weighted by Gasteiger charge is -2.00. The zero-order valence-corrected chi connectivity index (χ0v) is 9.10. The van der Waals surface area contributed by atoms with E-state index in [1.54, 1.807) is 0 Å². The number of benzene rings is 1. The maximum Gasteiger partial charge on any atom is 0.143 e. The molecule has 1 aromatic rings. The molecule has 0 saturated carbocycles. The van der Waals surface area contributed by atoms with E-state index < -0.39 is 0 Å². The normalized spacial score (nSPS) is 9.90. The summed E-state index contributed by atoms with van der Waals surface area (Å²) in [6.07, 6.45) is 0. The van der Waals surface area contributed by atoms with Gasteiger partial charge in [0.15, 0.2) is 0 Å². The van der Waals surface area contributed by atoms with Crippen LogP contribution >= 0.6 is 38.5 Å². The smallest absolute Gasteiger partial charge is 0.143 e. The van der Waals surface area contributed by atoms with Gasteiger partial charge in [0.05, 0.1) is 8.04 Å². The summed E-state index contributed by atoms with van der Waals surface area (Å²) in [6, 6.07) is 3.82. The summed E-state index contributed by atoms with van der Waals surface area (Å²) in [4.78, 5) is 0. The van der Waals surface area contributed by atoms with Gasteiger partial charge in [0.2, 0.25) is 0 Å². The van der Waals surface area contributed by atoms with Crippen molar-refractivity contribution in [2.24, 2.45) is 0 Å². The Kier molecular flexibility index (Phi) is 2.57. The van der Waals surface area contributed by atoms with E-state index in [-0.39, 0.29) is 0 Å². The largest absolute Gasteiger partial charge is 0.506 e. The van der Waals surface area contributed by atoms with Crippen LogP contribution < -0.4 is 0 Å². The third-order valence-corrected chi connectivity index (χ3v) is 2.59. The molecular weight excluding hydrogens is 307 g/mol. The molecule has 0 radical (unpaired) electrons. The highest BCUT2D eigenvalue weighted by atomic mass is 127. The van der Waals surface area contributed by atoms with Crippen LogP contribution in [0.2, 0.25) is 0 Å². The van der Waals surface area contributed by atoms with Gasteiger partial charge >= 0.3 is 0 Å². The summed E-state index contributed by atoms with van der Waals surface area (Å²) < 4.78 is 1.64. The molecule has 54 valence electrons. The highest BCUT2D eigenvalue weighted by molar-refractivity contribution is 14.1. The van der Waals surface area contributed by atoms with Crippen LogP contribution in [0, 0.1) is 10.5 Å². The van der Waals surface area contributed by atoms with Gasteiger partial charge in [-0.2, -0.15) is 0 Å². The molecule has 1 N–H and O–H groups in total. The lowest BCUT2D eigenvalue weighted by molar-refractivity contribution is 0.468. The van der Waals surface area contributed by atoms with E-state index >= 15 is 0 Å². The van der Waals surface area contributed by atoms with Gasteiger partial charge in [-0.25, -0.2) is 0 Å². The monoisotopic (exact) mass is 312 g/mol. The van der Waals surface area contributed by atoms with Gasteiger partial charge in [0.25, 0.3) is 0 Å². The molecule has 0 aromatic heterocycles. The van der Waals surface area contributed by atoms with Crippen molar-refractivity contribution >= 4 is 38.5 Å². The van der Waals surface area contributed by atoms with Gasteiger partial charge < -0.3 is 5.11 Å². The fraction of sp³-hybridized carbons (Fsp3) is 0.143. The number of phenols is 1. The summed E-state index contributed by atoms with van der Waals surface area (Å²) in [7, 11) is 0. The summed E-state index contributed by atoms with van der Waals surface area (Å²) in [5.74, 6) is 0.325. The highest BCUT2D eigenvalue weighted by Gasteiger charge is 2.01. The highest BCUT2D eigenvalue weighted by Crippen LogP contribution is 2.29. The van der Waals surface area contributed by atoms with Crippen molar-refractivity contribution in [3.63, 3.8) is 0 Å². The molecule has 0 aliphatic carbocycles. The zero-order chi connectivity index (χ0) is 7.72. The van der Waals surface area contributed by atoms with Crippen LogP contribution in [0.1, 0.15) is 5.56 Å². The molecule has 10 heavy (non-hydrogen) atoms. The molecule has 0 heterocycles. The fourth-order valence-electron chi connectivity index (χ4n) is 0.692. The Morgan fingerprint density at radius 3 is 2.60 bits per heavy atom. The standard InChI is InChI=1S/C7H6BrIO/c1-4-2-5(8)7(10)6(9)3-4/h2-3,10H,1H3. The van der Waals surface area contributed by atoms with Crippen molar-refractivity contribution in [1.82, 2.24) is 0 Å². The Morgan fingerprint density at radius 2 is 2.10 bits per heavy atom. The first kappa shape index (κ1) is 8.33. The van der Waals surface area contributed by atoms with Crippen LogP contribution in [0.5, 0.6) is 5.75 Å². The average Bonchev–Trinajstić information content (AvgIpc) is 1.82. The van der Waals surface area contributed by atoms with Crippen molar-refractivity contribution in [2.45, 2.75) is 6.92 Å². The number of aryl methyl sites for hydroxylation is 1. The molecule has 0 saturated heterocycles. The van der Waals surface area contributed by atoms with E-state index in [0.717, 1.165) is 13.6 Å². The first-order chi connectivity index (χ1) is 4.61. The molecule has 0 fully saturated rings.